The number of carboxylic acid groups (broad SMARTS) is 1. The Morgan fingerprint density at radius 1 is 1.06 bits per heavy atom. The first-order valence-corrected chi connectivity index (χ1v) is 7.13. The third-order valence-electron chi connectivity index (χ3n) is 4.16. The molecular formula is C14H22N2O2. The van der Waals surface area contributed by atoms with Gasteiger partial charge < -0.3 is 5.11 Å². The predicted octanol–water partition coefficient (Wildman–Crippen LogP) is 3.28. The molecule has 0 radical (unpaired) electrons. The van der Waals surface area contributed by atoms with Gasteiger partial charge in [-0.15, -0.1) is 0 Å². The first-order valence-electron chi connectivity index (χ1n) is 7.13. The van der Waals surface area contributed by atoms with Gasteiger partial charge in [-0.25, -0.2) is 14.8 Å². The maximum absolute atomic E-state index is 11.4. The van der Waals surface area contributed by atoms with Gasteiger partial charge in [0, 0.05) is 0 Å². The number of hydrogen-bond acceptors (Lipinski definition) is 3. The molecule has 0 heterocycles. The zero-order chi connectivity index (χ0) is 12.8. The van der Waals surface area contributed by atoms with Gasteiger partial charge in [-0.2, -0.15) is 0 Å². The lowest BCUT2D eigenvalue weighted by atomic mass is 9.82. The molecule has 18 heavy (non-hydrogen) atoms. The minimum absolute atomic E-state index is 0.317. The van der Waals surface area contributed by atoms with E-state index in [-0.39, 0.29) is 0 Å². The summed E-state index contributed by atoms with van der Waals surface area (Å²) in [6, 6.07) is 3.03. The van der Waals surface area contributed by atoms with Gasteiger partial charge in [0.1, 0.15) is 0 Å². The molecule has 0 atom stereocenters. The summed E-state index contributed by atoms with van der Waals surface area (Å²) in [4.78, 5) is 19.9. The maximum atomic E-state index is 11.4. The van der Waals surface area contributed by atoms with Gasteiger partial charge in [0.05, 0.1) is 12.1 Å². The van der Waals surface area contributed by atoms with Crippen LogP contribution in [-0.4, -0.2) is 28.7 Å². The van der Waals surface area contributed by atoms with Gasteiger partial charge in [0.15, 0.2) is 5.54 Å². The minimum atomic E-state index is -0.934. The molecule has 2 saturated carbocycles. The molecule has 2 fully saturated rings. The number of carbonyl (C=O) groups is 1. The normalized spacial score (nSPS) is 24.0. The van der Waals surface area contributed by atoms with E-state index in [0.29, 0.717) is 18.9 Å². The molecule has 0 aliphatic heterocycles. The minimum Gasteiger partial charge on any atom is -0.479 e. The summed E-state index contributed by atoms with van der Waals surface area (Å²) in [5.74, 6) is -0.812. The van der Waals surface area contributed by atoms with Crippen LogP contribution in [-0.2, 0) is 4.79 Å². The van der Waals surface area contributed by atoms with Gasteiger partial charge in [-0.1, -0.05) is 38.5 Å². The Bertz CT molecular complexity index is 347. The number of nitrogens with zero attached hydrogens (tertiary/aromatic N) is 2. The van der Waals surface area contributed by atoms with Crippen LogP contribution in [0.1, 0.15) is 64.2 Å². The van der Waals surface area contributed by atoms with Crippen LogP contribution in [0, 0.1) is 0 Å². The van der Waals surface area contributed by atoms with Crippen LogP contribution in [0.15, 0.2) is 9.98 Å². The van der Waals surface area contributed by atoms with Crippen molar-refractivity contribution < 1.29 is 9.90 Å². The van der Waals surface area contributed by atoms with Crippen molar-refractivity contribution in [2.75, 3.05) is 0 Å². The van der Waals surface area contributed by atoms with Crippen molar-refractivity contribution in [2.45, 2.75) is 75.8 Å². The molecule has 0 aromatic heterocycles. The summed E-state index contributed by atoms with van der Waals surface area (Å²) in [5.41, 5.74) is -0.934. The molecule has 2 aliphatic carbocycles. The molecule has 0 saturated heterocycles. The van der Waals surface area contributed by atoms with E-state index in [0.717, 1.165) is 32.1 Å². The Hall–Kier alpha value is -1.15. The van der Waals surface area contributed by atoms with Crippen LogP contribution >= 0.6 is 0 Å². The van der Waals surface area contributed by atoms with E-state index in [1.54, 1.807) is 0 Å². The number of aliphatic carboxylic acids is 1. The Labute approximate surface area is 108 Å². The third-order valence-corrected chi connectivity index (χ3v) is 4.16. The summed E-state index contributed by atoms with van der Waals surface area (Å²) in [6.07, 6.45) is 10.2. The second-order valence-electron chi connectivity index (χ2n) is 5.53. The van der Waals surface area contributed by atoms with Gasteiger partial charge in [-0.3, -0.25) is 0 Å². The van der Waals surface area contributed by atoms with E-state index in [2.05, 4.69) is 16.0 Å². The highest BCUT2D eigenvalue weighted by Gasteiger charge is 2.39. The van der Waals surface area contributed by atoms with Crippen molar-refractivity contribution in [3.05, 3.63) is 0 Å². The molecule has 0 amide bonds. The van der Waals surface area contributed by atoms with Crippen LogP contribution in [0.3, 0.4) is 0 Å². The molecule has 2 aliphatic rings. The van der Waals surface area contributed by atoms with Gasteiger partial charge in [-0.05, 0) is 25.7 Å². The van der Waals surface area contributed by atoms with E-state index in [1.165, 1.54) is 19.3 Å². The molecule has 2 rings (SSSR count). The highest BCUT2D eigenvalue weighted by molar-refractivity contribution is 5.80. The van der Waals surface area contributed by atoms with Crippen LogP contribution in [0.5, 0.6) is 0 Å². The van der Waals surface area contributed by atoms with E-state index in [4.69, 9.17) is 0 Å². The quantitative estimate of drug-likeness (QED) is 0.781. The zero-order valence-corrected chi connectivity index (χ0v) is 10.9. The number of hydrogen-bond donors (Lipinski definition) is 1. The first-order chi connectivity index (χ1) is 8.73. The maximum Gasteiger partial charge on any atom is 0.332 e. The molecule has 100 valence electrons. The summed E-state index contributed by atoms with van der Waals surface area (Å²) < 4.78 is 0. The highest BCUT2D eigenvalue weighted by atomic mass is 16.4. The number of rotatable bonds is 3. The average molecular weight is 250 g/mol. The van der Waals surface area contributed by atoms with Crippen molar-refractivity contribution in [1.82, 2.24) is 0 Å². The fourth-order valence-corrected chi connectivity index (χ4v) is 2.93. The Balaban J connectivity index is 2.03. The SMILES string of the molecule is O=C(O)C1(N=C=NC2CCCCC2)CCCCC1. The third kappa shape index (κ3) is 3.20. The molecule has 0 unspecified atom stereocenters. The smallest absolute Gasteiger partial charge is 0.332 e. The lowest BCUT2D eigenvalue weighted by Crippen LogP contribution is -2.38. The van der Waals surface area contributed by atoms with Gasteiger partial charge >= 0.3 is 5.97 Å². The van der Waals surface area contributed by atoms with E-state index in [9.17, 15) is 9.90 Å². The molecule has 4 nitrogen and oxygen atoms in total. The first kappa shape index (κ1) is 13.3. The highest BCUT2D eigenvalue weighted by Crippen LogP contribution is 2.31. The van der Waals surface area contributed by atoms with E-state index in [1.807, 2.05) is 0 Å². The average Bonchev–Trinajstić information content (AvgIpc) is 2.41. The molecule has 0 aromatic carbocycles. The van der Waals surface area contributed by atoms with Crippen LogP contribution in [0.25, 0.3) is 0 Å². The molecule has 0 bridgehead atoms. The Morgan fingerprint density at radius 3 is 2.28 bits per heavy atom. The Morgan fingerprint density at radius 2 is 1.67 bits per heavy atom. The van der Waals surface area contributed by atoms with Crippen molar-refractivity contribution in [3.8, 4) is 0 Å². The Kier molecular flexibility index (Phi) is 4.54. The van der Waals surface area contributed by atoms with Crippen molar-refractivity contribution >= 4 is 12.0 Å². The second kappa shape index (κ2) is 6.14. The van der Waals surface area contributed by atoms with Crippen molar-refractivity contribution in [2.24, 2.45) is 9.98 Å². The summed E-state index contributed by atoms with van der Waals surface area (Å²) >= 11 is 0. The number of aliphatic imine (C=N–C) groups is 2. The molecule has 0 aromatic rings. The molecule has 0 spiro atoms. The second-order valence-corrected chi connectivity index (χ2v) is 5.53. The standard InChI is InChI=1S/C14H22N2O2/c17-13(18)14(9-5-2-6-10-14)16-11-15-12-7-3-1-4-8-12/h12H,1-10H2,(H,17,18). The predicted molar refractivity (Wildman–Crippen MR) is 70.2 cm³/mol. The fraction of sp³-hybridized carbons (Fsp3) is 0.857. The van der Waals surface area contributed by atoms with Crippen molar-refractivity contribution in [1.29, 1.82) is 0 Å². The molecule has 1 N–H and O–H groups in total. The van der Waals surface area contributed by atoms with Crippen molar-refractivity contribution in [3.63, 3.8) is 0 Å². The summed E-state index contributed by atoms with van der Waals surface area (Å²) in [7, 11) is 0. The lowest BCUT2D eigenvalue weighted by molar-refractivity contribution is -0.144. The van der Waals surface area contributed by atoms with Gasteiger partial charge in [0.2, 0.25) is 0 Å². The summed E-state index contributed by atoms with van der Waals surface area (Å²) in [5, 5.41) is 9.35. The molecule has 4 heteroatoms. The summed E-state index contributed by atoms with van der Waals surface area (Å²) in [6.45, 7) is 0. The zero-order valence-electron chi connectivity index (χ0n) is 10.9. The van der Waals surface area contributed by atoms with Gasteiger partial charge in [0.25, 0.3) is 0 Å². The fourth-order valence-electron chi connectivity index (χ4n) is 2.93. The van der Waals surface area contributed by atoms with Crippen LogP contribution < -0.4 is 0 Å². The molecular weight excluding hydrogens is 228 g/mol. The number of carboxylic acids is 1. The van der Waals surface area contributed by atoms with Crippen LogP contribution in [0.4, 0.5) is 0 Å². The van der Waals surface area contributed by atoms with Crippen LogP contribution in [0.2, 0.25) is 0 Å². The largest absolute Gasteiger partial charge is 0.479 e. The van der Waals surface area contributed by atoms with E-state index < -0.39 is 11.5 Å². The topological polar surface area (TPSA) is 62.0 Å². The lowest BCUT2D eigenvalue weighted by Gasteiger charge is -2.27. The van der Waals surface area contributed by atoms with E-state index >= 15 is 0 Å². The monoisotopic (exact) mass is 250 g/mol.